The van der Waals surface area contributed by atoms with Gasteiger partial charge in [-0.2, -0.15) is 0 Å². The molecule has 2 aromatic rings. The number of nitrogens with zero attached hydrogens (tertiary/aromatic N) is 3. The number of thiazole rings is 2. The highest BCUT2D eigenvalue weighted by atomic mass is 32.1. The van der Waals surface area contributed by atoms with Crippen LogP contribution in [0.15, 0.2) is 11.6 Å². The molecule has 1 aliphatic heterocycles. The molecule has 0 spiro atoms. The van der Waals surface area contributed by atoms with Crippen molar-refractivity contribution >= 4 is 32.9 Å². The van der Waals surface area contributed by atoms with Crippen LogP contribution in [0.4, 0.5) is 10.3 Å². The first-order chi connectivity index (χ1) is 8.36. The number of hydrogen-bond acceptors (Lipinski definition) is 6. The van der Waals surface area contributed by atoms with Gasteiger partial charge in [-0.05, 0) is 12.8 Å². The minimum absolute atomic E-state index is 0.955. The number of aromatic nitrogens is 2. The third kappa shape index (κ3) is 2.14. The van der Waals surface area contributed by atoms with Crippen LogP contribution in [0.5, 0.6) is 0 Å². The lowest BCUT2D eigenvalue weighted by Crippen LogP contribution is -2.16. The summed E-state index contributed by atoms with van der Waals surface area (Å²) in [6, 6.07) is 0. The van der Waals surface area contributed by atoms with Crippen LogP contribution in [0.25, 0.3) is 10.6 Å². The topological polar surface area (TPSA) is 41.1 Å². The molecule has 0 bridgehead atoms. The summed E-state index contributed by atoms with van der Waals surface area (Å²) in [4.78, 5) is 12.5. The number of rotatable bonds is 3. The Balaban J connectivity index is 1.83. The van der Waals surface area contributed by atoms with Gasteiger partial charge in [0.1, 0.15) is 0 Å². The maximum Gasteiger partial charge on any atom is 0.185 e. The molecule has 6 heteroatoms. The molecule has 17 heavy (non-hydrogen) atoms. The van der Waals surface area contributed by atoms with E-state index in [0.717, 1.165) is 33.9 Å². The summed E-state index contributed by atoms with van der Waals surface area (Å²) in [5.41, 5.74) is 1.03. The van der Waals surface area contributed by atoms with Crippen molar-refractivity contribution in [1.29, 1.82) is 0 Å². The van der Waals surface area contributed by atoms with Gasteiger partial charge in [-0.25, -0.2) is 9.97 Å². The van der Waals surface area contributed by atoms with Crippen LogP contribution >= 0.6 is 22.7 Å². The summed E-state index contributed by atoms with van der Waals surface area (Å²) >= 11 is 3.37. The van der Waals surface area contributed by atoms with Crippen LogP contribution in [-0.4, -0.2) is 30.1 Å². The molecule has 3 heterocycles. The Morgan fingerprint density at radius 1 is 1.35 bits per heavy atom. The molecule has 0 amide bonds. The normalized spacial score (nSPS) is 15.5. The van der Waals surface area contributed by atoms with Crippen molar-refractivity contribution in [2.45, 2.75) is 12.8 Å². The summed E-state index contributed by atoms with van der Waals surface area (Å²) in [7, 11) is 1.89. The highest BCUT2D eigenvalue weighted by Gasteiger charge is 2.16. The Morgan fingerprint density at radius 2 is 2.18 bits per heavy atom. The largest absolute Gasteiger partial charge is 0.365 e. The van der Waals surface area contributed by atoms with E-state index in [1.165, 1.54) is 12.8 Å². The van der Waals surface area contributed by atoms with E-state index < -0.39 is 0 Å². The Hall–Kier alpha value is -1.14. The molecular formula is C11H14N4S2. The van der Waals surface area contributed by atoms with Crippen LogP contribution in [0.2, 0.25) is 0 Å². The van der Waals surface area contributed by atoms with Crippen LogP contribution in [0.1, 0.15) is 12.8 Å². The second-order valence-corrected chi connectivity index (χ2v) is 5.86. The van der Waals surface area contributed by atoms with E-state index in [-0.39, 0.29) is 0 Å². The maximum absolute atomic E-state index is 4.50. The van der Waals surface area contributed by atoms with Crippen molar-refractivity contribution in [3.63, 3.8) is 0 Å². The second-order valence-electron chi connectivity index (χ2n) is 3.99. The molecule has 0 atom stereocenters. The first-order valence-electron chi connectivity index (χ1n) is 5.71. The van der Waals surface area contributed by atoms with Crippen LogP contribution in [0.3, 0.4) is 0 Å². The van der Waals surface area contributed by atoms with Gasteiger partial charge >= 0.3 is 0 Å². The van der Waals surface area contributed by atoms with Crippen molar-refractivity contribution in [2.75, 3.05) is 30.4 Å². The lowest BCUT2D eigenvalue weighted by molar-refractivity contribution is 0.949. The van der Waals surface area contributed by atoms with Crippen molar-refractivity contribution in [3.05, 3.63) is 11.6 Å². The molecule has 0 saturated carbocycles. The van der Waals surface area contributed by atoms with Gasteiger partial charge < -0.3 is 10.2 Å². The molecule has 1 saturated heterocycles. The van der Waals surface area contributed by atoms with Gasteiger partial charge in [0.05, 0.1) is 10.6 Å². The number of nitrogens with one attached hydrogen (secondary N) is 1. The van der Waals surface area contributed by atoms with Crippen molar-refractivity contribution in [2.24, 2.45) is 0 Å². The second kappa shape index (κ2) is 4.62. The van der Waals surface area contributed by atoms with E-state index in [0.29, 0.717) is 0 Å². The monoisotopic (exact) mass is 266 g/mol. The SMILES string of the molecule is CNc1nc(-c2cnc(N3CCCC3)s2)cs1. The number of anilines is 2. The summed E-state index contributed by atoms with van der Waals surface area (Å²) < 4.78 is 0. The minimum Gasteiger partial charge on any atom is -0.365 e. The molecule has 1 N–H and O–H groups in total. The van der Waals surface area contributed by atoms with E-state index in [1.807, 2.05) is 13.2 Å². The van der Waals surface area contributed by atoms with Crippen LogP contribution in [-0.2, 0) is 0 Å². The molecule has 0 unspecified atom stereocenters. The number of hydrogen-bond donors (Lipinski definition) is 1. The Bertz CT molecular complexity index is 499. The standard InChI is InChI=1S/C11H14N4S2/c1-12-10-14-8(7-16-10)9-6-13-11(17-9)15-4-2-3-5-15/h6-7H,2-5H2,1H3,(H,12,14). The first-order valence-corrected chi connectivity index (χ1v) is 7.41. The molecule has 1 aliphatic rings. The van der Waals surface area contributed by atoms with Gasteiger partial charge in [-0.1, -0.05) is 11.3 Å². The molecule has 90 valence electrons. The molecule has 1 fully saturated rings. The van der Waals surface area contributed by atoms with Crippen LogP contribution < -0.4 is 10.2 Å². The third-order valence-electron chi connectivity index (χ3n) is 2.84. The van der Waals surface area contributed by atoms with Gasteiger partial charge in [0.15, 0.2) is 10.3 Å². The molecular weight excluding hydrogens is 252 g/mol. The predicted octanol–water partition coefficient (Wildman–Crippen LogP) is 2.91. The quantitative estimate of drug-likeness (QED) is 0.927. The average Bonchev–Trinajstić information content (AvgIpc) is 3.09. The molecule has 2 aromatic heterocycles. The fourth-order valence-corrected chi connectivity index (χ4v) is 3.61. The van der Waals surface area contributed by atoms with E-state index in [2.05, 4.69) is 25.6 Å². The van der Waals surface area contributed by atoms with Gasteiger partial charge in [0.25, 0.3) is 0 Å². The fraction of sp³-hybridized carbons (Fsp3) is 0.455. The van der Waals surface area contributed by atoms with Gasteiger partial charge in [0, 0.05) is 31.7 Å². The Labute approximate surface area is 108 Å². The summed E-state index contributed by atoms with van der Waals surface area (Å²) in [5, 5.41) is 7.23. The van der Waals surface area contributed by atoms with Gasteiger partial charge in [-0.15, -0.1) is 11.3 Å². The van der Waals surface area contributed by atoms with E-state index in [9.17, 15) is 0 Å². The summed E-state index contributed by atoms with van der Waals surface area (Å²) in [6.45, 7) is 2.29. The zero-order chi connectivity index (χ0) is 11.7. The van der Waals surface area contributed by atoms with Crippen molar-refractivity contribution in [3.8, 4) is 10.6 Å². The van der Waals surface area contributed by atoms with Crippen molar-refractivity contribution < 1.29 is 0 Å². The zero-order valence-corrected chi connectivity index (χ0v) is 11.3. The van der Waals surface area contributed by atoms with Crippen LogP contribution in [0, 0.1) is 0 Å². The van der Waals surface area contributed by atoms with E-state index >= 15 is 0 Å². The summed E-state index contributed by atoms with van der Waals surface area (Å²) in [6.07, 6.45) is 4.51. The Morgan fingerprint density at radius 3 is 2.88 bits per heavy atom. The van der Waals surface area contributed by atoms with Gasteiger partial charge in [0.2, 0.25) is 0 Å². The van der Waals surface area contributed by atoms with Crippen molar-refractivity contribution in [1.82, 2.24) is 9.97 Å². The van der Waals surface area contributed by atoms with Gasteiger partial charge in [-0.3, -0.25) is 0 Å². The third-order valence-corrected chi connectivity index (χ3v) is 4.78. The highest BCUT2D eigenvalue weighted by Crippen LogP contribution is 2.33. The molecule has 0 aromatic carbocycles. The summed E-state index contributed by atoms with van der Waals surface area (Å²) in [5.74, 6) is 0. The van der Waals surface area contributed by atoms with E-state index in [4.69, 9.17) is 0 Å². The molecule has 4 nitrogen and oxygen atoms in total. The molecule has 0 aliphatic carbocycles. The predicted molar refractivity (Wildman–Crippen MR) is 74.2 cm³/mol. The molecule has 3 rings (SSSR count). The average molecular weight is 266 g/mol. The highest BCUT2D eigenvalue weighted by molar-refractivity contribution is 7.19. The molecule has 0 radical (unpaired) electrons. The Kier molecular flexibility index (Phi) is 2.98. The lowest BCUT2D eigenvalue weighted by atomic mass is 10.4. The lowest BCUT2D eigenvalue weighted by Gasteiger charge is -2.11. The first kappa shape index (κ1) is 11.0. The fourth-order valence-electron chi connectivity index (χ4n) is 1.94. The smallest absolute Gasteiger partial charge is 0.185 e. The maximum atomic E-state index is 4.50. The minimum atomic E-state index is 0.955. The zero-order valence-electron chi connectivity index (χ0n) is 9.64. The van der Waals surface area contributed by atoms with E-state index in [1.54, 1.807) is 22.7 Å².